The van der Waals surface area contributed by atoms with E-state index in [9.17, 15) is 4.39 Å². The molecule has 5 heteroatoms. The third-order valence-corrected chi connectivity index (χ3v) is 3.56. The number of methoxy groups -OCH3 is 1. The van der Waals surface area contributed by atoms with Gasteiger partial charge < -0.3 is 10.1 Å². The van der Waals surface area contributed by atoms with E-state index in [-0.39, 0.29) is 11.9 Å². The van der Waals surface area contributed by atoms with E-state index in [2.05, 4.69) is 17.3 Å². The van der Waals surface area contributed by atoms with Crippen LogP contribution in [0.15, 0.2) is 24.3 Å². The number of nitrogens with zero attached hydrogens (tertiary/aromatic N) is 2. The van der Waals surface area contributed by atoms with Crippen LogP contribution in [-0.2, 0) is 11.3 Å². The Balaban J connectivity index is 2.19. The molecule has 2 aromatic rings. The molecule has 1 aromatic heterocycles. The lowest BCUT2D eigenvalue weighted by Crippen LogP contribution is -2.29. The molecule has 0 aliphatic carbocycles. The second-order valence-electron chi connectivity index (χ2n) is 5.27. The average molecular weight is 291 g/mol. The first kappa shape index (κ1) is 15.7. The number of halogens is 1. The van der Waals surface area contributed by atoms with Crippen LogP contribution in [0.1, 0.15) is 23.9 Å². The summed E-state index contributed by atoms with van der Waals surface area (Å²) in [5.41, 5.74) is 4.08. The highest BCUT2D eigenvalue weighted by atomic mass is 19.1. The van der Waals surface area contributed by atoms with Crippen molar-refractivity contribution in [2.24, 2.45) is 0 Å². The molecule has 1 heterocycles. The van der Waals surface area contributed by atoms with Crippen LogP contribution >= 0.6 is 0 Å². The largest absolute Gasteiger partial charge is 0.383 e. The highest BCUT2D eigenvalue weighted by molar-refractivity contribution is 5.37. The first-order chi connectivity index (χ1) is 10.0. The van der Waals surface area contributed by atoms with Gasteiger partial charge in [0.25, 0.3) is 0 Å². The average Bonchev–Trinajstić information content (AvgIpc) is 2.73. The Hall–Kier alpha value is -1.72. The van der Waals surface area contributed by atoms with Gasteiger partial charge in [0.2, 0.25) is 0 Å². The molecule has 1 atom stereocenters. The Bertz CT molecular complexity index is 592. The first-order valence-corrected chi connectivity index (χ1v) is 7.06. The smallest absolute Gasteiger partial charge is 0.123 e. The Morgan fingerprint density at radius 1 is 1.29 bits per heavy atom. The zero-order valence-electron chi connectivity index (χ0n) is 13.0. The van der Waals surface area contributed by atoms with Crippen LogP contribution < -0.4 is 5.32 Å². The van der Waals surface area contributed by atoms with Gasteiger partial charge >= 0.3 is 0 Å². The minimum absolute atomic E-state index is 0.240. The molecule has 21 heavy (non-hydrogen) atoms. The zero-order chi connectivity index (χ0) is 15.4. The molecule has 1 aromatic carbocycles. The van der Waals surface area contributed by atoms with Gasteiger partial charge in [0.15, 0.2) is 0 Å². The Kier molecular flexibility index (Phi) is 5.09. The van der Waals surface area contributed by atoms with Crippen LogP contribution in [0.5, 0.6) is 0 Å². The maximum Gasteiger partial charge on any atom is 0.123 e. The molecule has 0 unspecified atom stereocenters. The van der Waals surface area contributed by atoms with Gasteiger partial charge in [-0.15, -0.1) is 0 Å². The lowest BCUT2D eigenvalue weighted by Gasteiger charge is -2.13. The number of hydrogen-bond acceptors (Lipinski definition) is 3. The van der Waals surface area contributed by atoms with Gasteiger partial charge in [-0.25, -0.2) is 9.07 Å². The molecular weight excluding hydrogens is 269 g/mol. The highest BCUT2D eigenvalue weighted by Gasteiger charge is 2.13. The van der Waals surface area contributed by atoms with Crippen LogP contribution in [0.2, 0.25) is 0 Å². The fraction of sp³-hybridized carbons (Fsp3) is 0.438. The SMILES string of the molecule is COC[C@@H](C)NCc1c(C)nn(-c2ccc(F)cc2)c1C. The highest BCUT2D eigenvalue weighted by Crippen LogP contribution is 2.18. The van der Waals surface area contributed by atoms with Gasteiger partial charge in [-0.3, -0.25) is 0 Å². The molecule has 4 nitrogen and oxygen atoms in total. The van der Waals surface area contributed by atoms with E-state index in [0.717, 1.165) is 23.6 Å². The fourth-order valence-electron chi connectivity index (χ4n) is 2.35. The van der Waals surface area contributed by atoms with Gasteiger partial charge in [0.1, 0.15) is 5.82 Å². The molecule has 0 aliphatic heterocycles. The molecule has 0 spiro atoms. The third kappa shape index (κ3) is 3.68. The van der Waals surface area contributed by atoms with Crippen molar-refractivity contribution in [3.8, 4) is 5.69 Å². The minimum Gasteiger partial charge on any atom is -0.383 e. The summed E-state index contributed by atoms with van der Waals surface area (Å²) in [5, 5.41) is 7.97. The first-order valence-electron chi connectivity index (χ1n) is 7.06. The van der Waals surface area contributed by atoms with Crippen LogP contribution in [0.3, 0.4) is 0 Å². The number of aryl methyl sites for hydroxylation is 1. The Morgan fingerprint density at radius 3 is 2.57 bits per heavy atom. The second-order valence-corrected chi connectivity index (χ2v) is 5.27. The molecule has 0 amide bonds. The van der Waals surface area contributed by atoms with E-state index in [0.29, 0.717) is 6.61 Å². The number of benzene rings is 1. The molecule has 0 aliphatic rings. The van der Waals surface area contributed by atoms with Crippen LogP contribution in [0, 0.1) is 19.7 Å². The third-order valence-electron chi connectivity index (χ3n) is 3.56. The molecule has 0 bridgehead atoms. The number of rotatable bonds is 6. The van der Waals surface area contributed by atoms with Crippen molar-refractivity contribution in [3.05, 3.63) is 47.0 Å². The molecule has 0 saturated heterocycles. The van der Waals surface area contributed by atoms with Gasteiger partial charge in [-0.1, -0.05) is 0 Å². The molecule has 2 rings (SSSR count). The quantitative estimate of drug-likeness (QED) is 0.889. The number of nitrogens with one attached hydrogen (secondary N) is 1. The van der Waals surface area contributed by atoms with Gasteiger partial charge in [0, 0.05) is 31.0 Å². The normalized spacial score (nSPS) is 12.6. The van der Waals surface area contributed by atoms with Crippen molar-refractivity contribution in [1.29, 1.82) is 0 Å². The molecule has 0 saturated carbocycles. The standard InChI is InChI=1S/C16H22FN3O/c1-11(10-21-4)18-9-16-12(2)19-20(13(16)3)15-7-5-14(17)6-8-15/h5-8,11,18H,9-10H2,1-4H3/t11-/m1/s1. The van der Waals surface area contributed by atoms with E-state index in [1.807, 2.05) is 18.5 Å². The lowest BCUT2D eigenvalue weighted by atomic mass is 10.2. The van der Waals surface area contributed by atoms with E-state index in [1.165, 1.54) is 17.7 Å². The summed E-state index contributed by atoms with van der Waals surface area (Å²) in [5.74, 6) is -0.240. The van der Waals surface area contributed by atoms with Gasteiger partial charge in [-0.05, 0) is 45.0 Å². The summed E-state index contributed by atoms with van der Waals surface area (Å²) in [6.07, 6.45) is 0. The molecule has 1 N–H and O–H groups in total. The number of ether oxygens (including phenoxy) is 1. The van der Waals surface area contributed by atoms with Crippen molar-refractivity contribution in [2.75, 3.05) is 13.7 Å². The molecule has 0 radical (unpaired) electrons. The lowest BCUT2D eigenvalue weighted by molar-refractivity contribution is 0.171. The maximum atomic E-state index is 13.0. The molecule has 114 valence electrons. The number of hydrogen-bond donors (Lipinski definition) is 1. The summed E-state index contributed by atoms with van der Waals surface area (Å²) < 4.78 is 20.0. The van der Waals surface area contributed by atoms with Crippen molar-refractivity contribution in [1.82, 2.24) is 15.1 Å². The fourth-order valence-corrected chi connectivity index (χ4v) is 2.35. The van der Waals surface area contributed by atoms with Crippen molar-refractivity contribution >= 4 is 0 Å². The van der Waals surface area contributed by atoms with Gasteiger partial charge in [0.05, 0.1) is 18.0 Å². The maximum absolute atomic E-state index is 13.0. The van der Waals surface area contributed by atoms with E-state index in [4.69, 9.17) is 4.74 Å². The van der Waals surface area contributed by atoms with Crippen LogP contribution in [-0.4, -0.2) is 29.5 Å². The van der Waals surface area contributed by atoms with Crippen molar-refractivity contribution in [2.45, 2.75) is 33.4 Å². The molecule has 0 fully saturated rings. The topological polar surface area (TPSA) is 39.1 Å². The summed E-state index contributed by atoms with van der Waals surface area (Å²) in [6.45, 7) is 7.51. The minimum atomic E-state index is -0.240. The zero-order valence-corrected chi connectivity index (χ0v) is 13.0. The Labute approximate surface area is 124 Å². The summed E-state index contributed by atoms with van der Waals surface area (Å²) in [7, 11) is 1.70. The monoisotopic (exact) mass is 291 g/mol. The van der Waals surface area contributed by atoms with E-state index >= 15 is 0 Å². The van der Waals surface area contributed by atoms with Crippen LogP contribution in [0.4, 0.5) is 4.39 Å². The van der Waals surface area contributed by atoms with E-state index in [1.54, 1.807) is 19.2 Å². The second kappa shape index (κ2) is 6.83. The Morgan fingerprint density at radius 2 is 1.95 bits per heavy atom. The number of aromatic nitrogens is 2. The molecular formula is C16H22FN3O. The van der Waals surface area contributed by atoms with E-state index < -0.39 is 0 Å². The van der Waals surface area contributed by atoms with Crippen molar-refractivity contribution < 1.29 is 9.13 Å². The predicted octanol–water partition coefficient (Wildman–Crippen LogP) is 2.75. The summed E-state index contributed by atoms with van der Waals surface area (Å²) in [6, 6.07) is 6.65. The van der Waals surface area contributed by atoms with Gasteiger partial charge in [-0.2, -0.15) is 5.10 Å². The summed E-state index contributed by atoms with van der Waals surface area (Å²) >= 11 is 0. The summed E-state index contributed by atoms with van der Waals surface area (Å²) in [4.78, 5) is 0. The predicted molar refractivity (Wildman–Crippen MR) is 81.2 cm³/mol. The van der Waals surface area contributed by atoms with Crippen LogP contribution in [0.25, 0.3) is 5.69 Å². The van der Waals surface area contributed by atoms with Crippen molar-refractivity contribution in [3.63, 3.8) is 0 Å².